The van der Waals surface area contributed by atoms with Gasteiger partial charge < -0.3 is 5.32 Å². The van der Waals surface area contributed by atoms with Crippen LogP contribution in [0, 0.1) is 6.92 Å². The quantitative estimate of drug-likeness (QED) is 0.899. The number of nitrogens with one attached hydrogen (secondary N) is 1. The average molecular weight is 262 g/mol. The van der Waals surface area contributed by atoms with Crippen molar-refractivity contribution in [2.24, 2.45) is 0 Å². The van der Waals surface area contributed by atoms with Gasteiger partial charge in [-0.1, -0.05) is 0 Å². The van der Waals surface area contributed by atoms with Crippen LogP contribution in [-0.4, -0.2) is 29.0 Å². The maximum absolute atomic E-state index is 4.46. The first-order chi connectivity index (χ1) is 8.67. The van der Waals surface area contributed by atoms with Crippen LogP contribution in [-0.2, 0) is 13.1 Å². The van der Waals surface area contributed by atoms with Gasteiger partial charge in [0.1, 0.15) is 11.6 Å². The predicted octanol–water partition coefficient (Wildman–Crippen LogP) is 2.52. The summed E-state index contributed by atoms with van der Waals surface area (Å²) in [4.78, 5) is 11.1. The fourth-order valence-electron chi connectivity index (χ4n) is 1.82. The van der Waals surface area contributed by atoms with Gasteiger partial charge in [-0.2, -0.15) is 11.3 Å². The fourth-order valence-corrected chi connectivity index (χ4v) is 2.48. The van der Waals surface area contributed by atoms with Gasteiger partial charge in [-0.05, 0) is 36.4 Å². The highest BCUT2D eigenvalue weighted by Gasteiger charge is 2.06. The Morgan fingerprint density at radius 2 is 2.17 bits per heavy atom. The Labute approximate surface area is 112 Å². The topological polar surface area (TPSA) is 41.1 Å². The smallest absolute Gasteiger partial charge is 0.144 e. The third-order valence-electron chi connectivity index (χ3n) is 2.60. The van der Waals surface area contributed by atoms with Crippen LogP contribution in [0.15, 0.2) is 22.9 Å². The minimum absolute atomic E-state index is 0.756. The van der Waals surface area contributed by atoms with Crippen LogP contribution in [0.2, 0.25) is 0 Å². The lowest BCUT2D eigenvalue weighted by Gasteiger charge is -2.15. The molecule has 0 aliphatic carbocycles. The molecule has 5 heteroatoms. The lowest BCUT2D eigenvalue weighted by atomic mass is 10.3. The summed E-state index contributed by atoms with van der Waals surface area (Å²) in [6.07, 6.45) is 0. The van der Waals surface area contributed by atoms with Gasteiger partial charge in [-0.15, -0.1) is 0 Å². The summed E-state index contributed by atoms with van der Waals surface area (Å²) in [6, 6.07) is 4.10. The Kier molecular flexibility index (Phi) is 4.28. The molecular weight excluding hydrogens is 244 g/mol. The first kappa shape index (κ1) is 13.0. The van der Waals surface area contributed by atoms with Gasteiger partial charge in [0.05, 0.1) is 6.54 Å². The van der Waals surface area contributed by atoms with Crippen molar-refractivity contribution in [3.05, 3.63) is 40.0 Å². The maximum Gasteiger partial charge on any atom is 0.144 e. The van der Waals surface area contributed by atoms with E-state index in [1.807, 2.05) is 20.0 Å². The van der Waals surface area contributed by atoms with E-state index < -0.39 is 0 Å². The summed E-state index contributed by atoms with van der Waals surface area (Å²) < 4.78 is 0. The van der Waals surface area contributed by atoms with Gasteiger partial charge in [0.25, 0.3) is 0 Å². The van der Waals surface area contributed by atoms with E-state index in [1.54, 1.807) is 11.3 Å². The summed E-state index contributed by atoms with van der Waals surface area (Å²) in [5.74, 6) is 1.73. The van der Waals surface area contributed by atoms with Gasteiger partial charge in [0, 0.05) is 25.4 Å². The van der Waals surface area contributed by atoms with Crippen LogP contribution in [0.25, 0.3) is 0 Å². The van der Waals surface area contributed by atoms with Gasteiger partial charge in [0.2, 0.25) is 0 Å². The number of anilines is 1. The molecule has 0 fully saturated rings. The molecule has 2 rings (SSSR count). The molecule has 0 amide bonds. The number of aromatic nitrogens is 2. The summed E-state index contributed by atoms with van der Waals surface area (Å²) in [5.41, 5.74) is 2.33. The minimum Gasteiger partial charge on any atom is -0.373 e. The molecule has 1 N–H and O–H groups in total. The van der Waals surface area contributed by atoms with Gasteiger partial charge in [0.15, 0.2) is 0 Å². The van der Waals surface area contributed by atoms with E-state index >= 15 is 0 Å². The summed E-state index contributed by atoms with van der Waals surface area (Å²) >= 11 is 1.73. The fraction of sp³-hybridized carbons (Fsp3) is 0.385. The van der Waals surface area contributed by atoms with Crippen molar-refractivity contribution in [2.45, 2.75) is 20.0 Å². The Morgan fingerprint density at radius 3 is 2.83 bits per heavy atom. The summed E-state index contributed by atoms with van der Waals surface area (Å²) in [6.45, 7) is 3.67. The number of nitrogens with zero attached hydrogens (tertiary/aromatic N) is 3. The molecule has 0 saturated carbocycles. The van der Waals surface area contributed by atoms with Crippen molar-refractivity contribution in [3.8, 4) is 0 Å². The van der Waals surface area contributed by atoms with Crippen LogP contribution in [0.5, 0.6) is 0 Å². The number of hydrogen-bond acceptors (Lipinski definition) is 5. The van der Waals surface area contributed by atoms with E-state index in [-0.39, 0.29) is 0 Å². The van der Waals surface area contributed by atoms with Crippen molar-refractivity contribution < 1.29 is 0 Å². The molecule has 2 aromatic heterocycles. The molecule has 0 saturated heterocycles. The van der Waals surface area contributed by atoms with Gasteiger partial charge in [-0.25, -0.2) is 9.97 Å². The largest absolute Gasteiger partial charge is 0.373 e. The number of rotatable bonds is 5. The zero-order chi connectivity index (χ0) is 13.0. The Morgan fingerprint density at radius 1 is 1.33 bits per heavy atom. The van der Waals surface area contributed by atoms with Crippen LogP contribution in [0.4, 0.5) is 5.82 Å². The Bertz CT molecular complexity index is 496. The van der Waals surface area contributed by atoms with Crippen molar-refractivity contribution in [2.75, 3.05) is 19.4 Å². The van der Waals surface area contributed by atoms with Crippen molar-refractivity contribution >= 4 is 17.2 Å². The Hall–Kier alpha value is -1.46. The van der Waals surface area contributed by atoms with Gasteiger partial charge >= 0.3 is 0 Å². The summed E-state index contributed by atoms with van der Waals surface area (Å²) in [5, 5.41) is 7.33. The molecule has 0 unspecified atom stereocenters. The zero-order valence-corrected chi connectivity index (χ0v) is 11.8. The minimum atomic E-state index is 0.756. The average Bonchev–Trinajstić information content (AvgIpc) is 2.80. The molecule has 0 aliphatic heterocycles. The lowest BCUT2D eigenvalue weighted by Crippen LogP contribution is -2.19. The second-order valence-corrected chi connectivity index (χ2v) is 5.14. The molecule has 4 nitrogen and oxygen atoms in total. The number of thiophene rings is 1. The van der Waals surface area contributed by atoms with Crippen molar-refractivity contribution in [3.63, 3.8) is 0 Å². The van der Waals surface area contributed by atoms with Crippen LogP contribution in [0.3, 0.4) is 0 Å². The first-order valence-corrected chi connectivity index (χ1v) is 6.83. The molecule has 0 aliphatic rings. The second kappa shape index (κ2) is 5.93. The molecule has 2 aromatic rings. The standard InChI is InChI=1S/C13H18N4S/c1-10-6-12(14-2)16-13(15-10)8-17(3)7-11-4-5-18-9-11/h4-6,9H,7-8H2,1-3H3,(H,14,15,16). The van der Waals surface area contributed by atoms with Crippen LogP contribution < -0.4 is 5.32 Å². The SMILES string of the molecule is CNc1cc(C)nc(CN(C)Cc2ccsc2)n1. The molecule has 0 spiro atoms. The highest BCUT2D eigenvalue weighted by molar-refractivity contribution is 7.07. The monoisotopic (exact) mass is 262 g/mol. The molecule has 0 radical (unpaired) electrons. The third-order valence-corrected chi connectivity index (χ3v) is 3.33. The number of aryl methyl sites for hydroxylation is 1. The Balaban J connectivity index is 2.02. The first-order valence-electron chi connectivity index (χ1n) is 5.89. The van der Waals surface area contributed by atoms with E-state index in [9.17, 15) is 0 Å². The molecule has 0 bridgehead atoms. The zero-order valence-electron chi connectivity index (χ0n) is 11.0. The maximum atomic E-state index is 4.46. The van der Waals surface area contributed by atoms with E-state index in [0.29, 0.717) is 0 Å². The summed E-state index contributed by atoms with van der Waals surface area (Å²) in [7, 11) is 3.96. The molecule has 2 heterocycles. The molecule has 96 valence electrons. The molecule has 0 atom stereocenters. The van der Waals surface area contributed by atoms with Crippen molar-refractivity contribution in [1.29, 1.82) is 0 Å². The highest BCUT2D eigenvalue weighted by atomic mass is 32.1. The van der Waals surface area contributed by atoms with E-state index in [4.69, 9.17) is 0 Å². The third kappa shape index (κ3) is 3.51. The van der Waals surface area contributed by atoms with E-state index in [2.05, 4.69) is 44.1 Å². The lowest BCUT2D eigenvalue weighted by molar-refractivity contribution is 0.311. The van der Waals surface area contributed by atoms with Crippen molar-refractivity contribution in [1.82, 2.24) is 14.9 Å². The highest BCUT2D eigenvalue weighted by Crippen LogP contribution is 2.11. The van der Waals surface area contributed by atoms with Gasteiger partial charge in [-0.3, -0.25) is 4.90 Å². The predicted molar refractivity (Wildman–Crippen MR) is 75.8 cm³/mol. The normalized spacial score (nSPS) is 10.9. The molecule has 0 aromatic carbocycles. The van der Waals surface area contributed by atoms with Crippen LogP contribution >= 0.6 is 11.3 Å². The van der Waals surface area contributed by atoms with Crippen LogP contribution in [0.1, 0.15) is 17.1 Å². The second-order valence-electron chi connectivity index (χ2n) is 4.36. The van der Waals surface area contributed by atoms with E-state index in [0.717, 1.165) is 30.4 Å². The molecular formula is C13H18N4S. The molecule has 18 heavy (non-hydrogen) atoms. The van der Waals surface area contributed by atoms with E-state index in [1.165, 1.54) is 5.56 Å². The number of hydrogen-bond donors (Lipinski definition) is 1.